The predicted octanol–water partition coefficient (Wildman–Crippen LogP) is 2.52. The summed E-state index contributed by atoms with van der Waals surface area (Å²) in [5.41, 5.74) is 2.25. The lowest BCUT2D eigenvalue weighted by atomic mass is 9.91. The summed E-state index contributed by atoms with van der Waals surface area (Å²) < 4.78 is 1.84. The van der Waals surface area contributed by atoms with E-state index in [0.29, 0.717) is 5.96 Å². The molecule has 8 heteroatoms. The van der Waals surface area contributed by atoms with Gasteiger partial charge in [-0.2, -0.15) is 14.7 Å². The van der Waals surface area contributed by atoms with E-state index in [1.807, 2.05) is 4.52 Å². The van der Waals surface area contributed by atoms with Crippen LogP contribution in [0.2, 0.25) is 0 Å². The van der Waals surface area contributed by atoms with Crippen LogP contribution in [0, 0.1) is 0 Å². The summed E-state index contributed by atoms with van der Waals surface area (Å²) in [6.07, 6.45) is 0. The third-order valence-corrected chi connectivity index (χ3v) is 3.48. The molecule has 0 saturated heterocycles. The zero-order valence-electron chi connectivity index (χ0n) is 13.7. The number of nitrogens with one attached hydrogen (secondary N) is 2. The van der Waals surface area contributed by atoms with E-state index in [0.717, 1.165) is 35.9 Å². The maximum absolute atomic E-state index is 4.72. The summed E-state index contributed by atoms with van der Waals surface area (Å²) in [7, 11) is 0. The Morgan fingerprint density at radius 3 is 2.59 bits per heavy atom. The van der Waals surface area contributed by atoms with Crippen LogP contribution in [0.3, 0.4) is 0 Å². The van der Waals surface area contributed by atoms with Crippen LogP contribution < -0.4 is 5.32 Å². The van der Waals surface area contributed by atoms with Crippen LogP contribution in [0.15, 0.2) is 15.2 Å². The summed E-state index contributed by atoms with van der Waals surface area (Å²) in [5, 5.41) is 23.8. The molecule has 3 heterocycles. The molecule has 0 amide bonds. The largest absolute Gasteiger partial charge is 0.351 e. The second-order valence-corrected chi connectivity index (χ2v) is 6.78. The Hall–Kier alpha value is -2.25. The van der Waals surface area contributed by atoms with Gasteiger partial charge in [0.05, 0.1) is 12.2 Å². The van der Waals surface area contributed by atoms with Crippen molar-refractivity contribution in [3.05, 3.63) is 11.5 Å². The van der Waals surface area contributed by atoms with Crippen LogP contribution in [0.4, 0.5) is 5.69 Å². The van der Waals surface area contributed by atoms with Gasteiger partial charge in [0, 0.05) is 17.9 Å². The molecule has 3 rings (SSSR count). The minimum absolute atomic E-state index is 0.139. The van der Waals surface area contributed by atoms with Gasteiger partial charge in [-0.25, -0.2) is 4.99 Å². The molecule has 0 atom stereocenters. The van der Waals surface area contributed by atoms with E-state index < -0.39 is 0 Å². The smallest absolute Gasteiger partial charge is 0.238 e. The second kappa shape index (κ2) is 5.19. The highest BCUT2D eigenvalue weighted by Gasteiger charge is 2.27. The predicted molar refractivity (Wildman–Crippen MR) is 84.9 cm³/mol. The summed E-state index contributed by atoms with van der Waals surface area (Å²) in [5.74, 6) is 1.73. The van der Waals surface area contributed by atoms with E-state index in [2.05, 4.69) is 65.4 Å². The lowest BCUT2D eigenvalue weighted by Crippen LogP contribution is -2.15. The van der Waals surface area contributed by atoms with Gasteiger partial charge >= 0.3 is 0 Å². The molecule has 118 valence electrons. The number of H-pyrrole nitrogens is 1. The molecular weight excluding hydrogens is 280 g/mol. The van der Waals surface area contributed by atoms with Crippen molar-refractivity contribution in [2.24, 2.45) is 15.2 Å². The third kappa shape index (κ3) is 2.49. The van der Waals surface area contributed by atoms with E-state index in [4.69, 9.17) is 5.10 Å². The molecule has 1 aliphatic heterocycles. The Morgan fingerprint density at radius 2 is 2.00 bits per heavy atom. The van der Waals surface area contributed by atoms with Gasteiger partial charge in [-0.15, -0.1) is 10.2 Å². The Bertz CT molecular complexity index is 741. The highest BCUT2D eigenvalue weighted by Crippen LogP contribution is 2.34. The first-order chi connectivity index (χ1) is 10.4. The molecule has 22 heavy (non-hydrogen) atoms. The zero-order valence-corrected chi connectivity index (χ0v) is 13.7. The van der Waals surface area contributed by atoms with E-state index in [1.165, 1.54) is 0 Å². The van der Waals surface area contributed by atoms with Crippen molar-refractivity contribution in [3.63, 3.8) is 0 Å². The maximum atomic E-state index is 4.72. The molecule has 0 fully saturated rings. The molecule has 8 nitrogen and oxygen atoms in total. The average molecular weight is 302 g/mol. The molecule has 2 N–H and O–H groups in total. The van der Waals surface area contributed by atoms with Crippen LogP contribution in [-0.4, -0.2) is 38.9 Å². The Kier molecular flexibility index (Phi) is 3.46. The van der Waals surface area contributed by atoms with Crippen LogP contribution in [0.5, 0.6) is 0 Å². The van der Waals surface area contributed by atoms with Gasteiger partial charge in [0.1, 0.15) is 0 Å². The SMILES string of the molecule is CC(C)c1n[nH]c2c(N=NC3=NCCN3)c(C(C)(C)C)nn12. The highest BCUT2D eigenvalue weighted by molar-refractivity contribution is 5.82. The first-order valence-electron chi connectivity index (χ1n) is 7.55. The molecule has 0 aliphatic carbocycles. The molecule has 2 aromatic rings. The summed E-state index contributed by atoms with van der Waals surface area (Å²) in [6.45, 7) is 12.1. The van der Waals surface area contributed by atoms with Crippen LogP contribution in [0.25, 0.3) is 5.65 Å². The number of rotatable bonds is 2. The quantitative estimate of drug-likeness (QED) is 0.834. The molecule has 0 saturated carbocycles. The van der Waals surface area contributed by atoms with Crippen LogP contribution in [-0.2, 0) is 5.41 Å². The van der Waals surface area contributed by atoms with Gasteiger partial charge in [0.25, 0.3) is 0 Å². The van der Waals surface area contributed by atoms with Gasteiger partial charge in [-0.3, -0.25) is 5.10 Å². The topological polar surface area (TPSA) is 95.1 Å². The van der Waals surface area contributed by atoms with Crippen LogP contribution in [0.1, 0.15) is 52.1 Å². The number of guanidine groups is 1. The summed E-state index contributed by atoms with van der Waals surface area (Å²) >= 11 is 0. The minimum atomic E-state index is -0.139. The fourth-order valence-electron chi connectivity index (χ4n) is 2.36. The number of aliphatic imine (C=N–C) groups is 1. The first kappa shape index (κ1) is 14.7. The number of hydrogen-bond acceptors (Lipinski definition) is 6. The highest BCUT2D eigenvalue weighted by atomic mass is 15.4. The van der Waals surface area contributed by atoms with Crippen molar-refractivity contribution >= 4 is 17.3 Å². The average Bonchev–Trinajstić information content (AvgIpc) is 3.11. The number of azo groups is 1. The molecule has 0 spiro atoms. The fourth-order valence-corrected chi connectivity index (χ4v) is 2.36. The minimum Gasteiger partial charge on any atom is -0.351 e. The number of nitrogens with zero attached hydrogens (tertiary/aromatic N) is 6. The van der Waals surface area contributed by atoms with Gasteiger partial charge in [-0.1, -0.05) is 34.6 Å². The van der Waals surface area contributed by atoms with E-state index in [9.17, 15) is 0 Å². The normalized spacial score (nSPS) is 16.0. The Labute approximate surface area is 129 Å². The molecule has 2 aromatic heterocycles. The van der Waals surface area contributed by atoms with Crippen molar-refractivity contribution in [2.45, 2.75) is 46.0 Å². The molecule has 0 unspecified atom stereocenters. The lowest BCUT2D eigenvalue weighted by Gasteiger charge is -2.15. The van der Waals surface area contributed by atoms with Crippen molar-refractivity contribution in [2.75, 3.05) is 13.1 Å². The number of fused-ring (bicyclic) bond motifs is 1. The number of aromatic nitrogens is 4. The van der Waals surface area contributed by atoms with E-state index in [1.54, 1.807) is 0 Å². The Morgan fingerprint density at radius 1 is 1.23 bits per heavy atom. The Balaban J connectivity index is 2.12. The second-order valence-electron chi connectivity index (χ2n) is 6.78. The van der Waals surface area contributed by atoms with Crippen molar-refractivity contribution in [1.82, 2.24) is 25.1 Å². The fraction of sp³-hybridized carbons (Fsp3) is 0.643. The standard InChI is InChI=1S/C14H22N8/c1-8(2)11-18-19-12-9(17-20-13-15-6-7-16-13)10(14(3,4)5)21-22(11)12/h8,19H,6-7H2,1-5H3,(H,15,16). The number of hydrogen-bond donors (Lipinski definition) is 2. The van der Waals surface area contributed by atoms with Crippen molar-refractivity contribution in [3.8, 4) is 0 Å². The maximum Gasteiger partial charge on any atom is 0.238 e. The zero-order chi connectivity index (χ0) is 15.9. The van der Waals surface area contributed by atoms with Gasteiger partial charge in [0.15, 0.2) is 17.2 Å². The molecule has 1 aliphatic rings. The van der Waals surface area contributed by atoms with Crippen molar-refractivity contribution < 1.29 is 0 Å². The molecule has 0 bridgehead atoms. The van der Waals surface area contributed by atoms with Crippen molar-refractivity contribution in [1.29, 1.82) is 0 Å². The summed E-state index contributed by atoms with van der Waals surface area (Å²) in [4.78, 5) is 4.23. The third-order valence-electron chi connectivity index (χ3n) is 3.48. The van der Waals surface area contributed by atoms with Crippen LogP contribution >= 0.6 is 0 Å². The molecule has 0 radical (unpaired) electrons. The monoisotopic (exact) mass is 302 g/mol. The lowest BCUT2D eigenvalue weighted by molar-refractivity contribution is 0.558. The number of aromatic amines is 1. The van der Waals surface area contributed by atoms with E-state index in [-0.39, 0.29) is 11.3 Å². The molecule has 0 aromatic carbocycles. The van der Waals surface area contributed by atoms with Gasteiger partial charge in [-0.05, 0) is 0 Å². The molecular formula is C14H22N8. The van der Waals surface area contributed by atoms with Gasteiger partial charge in [0.2, 0.25) is 5.96 Å². The van der Waals surface area contributed by atoms with E-state index >= 15 is 0 Å². The van der Waals surface area contributed by atoms with Gasteiger partial charge < -0.3 is 5.32 Å². The summed E-state index contributed by atoms with van der Waals surface area (Å²) in [6, 6.07) is 0. The first-order valence-corrected chi connectivity index (χ1v) is 7.55.